The molecule has 5 rings (SSSR count). The van der Waals surface area contributed by atoms with Gasteiger partial charge in [-0.2, -0.15) is 0 Å². The number of hydrogen-bond donors (Lipinski definition) is 2. The highest BCUT2D eigenvalue weighted by atomic mass is 32.1. The Morgan fingerprint density at radius 2 is 1.33 bits per heavy atom. The molecule has 4 heteroatoms. The van der Waals surface area contributed by atoms with E-state index in [-0.39, 0.29) is 0 Å². The van der Waals surface area contributed by atoms with Crippen LogP contribution < -0.4 is 5.32 Å². The summed E-state index contributed by atoms with van der Waals surface area (Å²) in [6.07, 6.45) is 2.23. The van der Waals surface area contributed by atoms with E-state index < -0.39 is 5.97 Å². The normalized spacial score (nSPS) is 11.3. The first-order chi connectivity index (χ1) is 17.5. The molecule has 0 fully saturated rings. The van der Waals surface area contributed by atoms with Crippen molar-refractivity contribution in [3.8, 4) is 10.4 Å². The van der Waals surface area contributed by atoms with E-state index in [2.05, 4.69) is 91.1 Å². The second-order valence-electron chi connectivity index (χ2n) is 8.58. The van der Waals surface area contributed by atoms with Crippen LogP contribution in [0.15, 0.2) is 115 Å². The number of aromatic carboxylic acids is 1. The summed E-state index contributed by atoms with van der Waals surface area (Å²) in [6.45, 7) is 2.10. The summed E-state index contributed by atoms with van der Waals surface area (Å²) in [6, 6.07) is 39.0. The number of rotatable bonds is 7. The molecule has 1 heterocycles. The Hall–Kier alpha value is -4.41. The molecular weight excluding hydrogens is 462 g/mol. The fourth-order valence-electron chi connectivity index (χ4n) is 4.01. The molecule has 0 spiro atoms. The van der Waals surface area contributed by atoms with E-state index in [4.69, 9.17) is 5.11 Å². The molecule has 0 amide bonds. The average molecular weight is 488 g/mol. The van der Waals surface area contributed by atoms with Crippen LogP contribution in [0.25, 0.3) is 22.1 Å². The van der Waals surface area contributed by atoms with Crippen molar-refractivity contribution < 1.29 is 9.90 Å². The van der Waals surface area contributed by atoms with Crippen LogP contribution in [0.2, 0.25) is 0 Å². The summed E-state index contributed by atoms with van der Waals surface area (Å²) in [5.74, 6) is -0.891. The minimum absolute atomic E-state index is 0.346. The predicted molar refractivity (Wildman–Crippen MR) is 151 cm³/mol. The van der Waals surface area contributed by atoms with Gasteiger partial charge in [0.15, 0.2) is 0 Å². The smallest absolute Gasteiger partial charge is 0.345 e. The molecule has 4 aromatic carbocycles. The molecular formula is C32H25NO2S. The molecule has 0 radical (unpaired) electrons. The van der Waals surface area contributed by atoms with Gasteiger partial charge in [-0.25, -0.2) is 4.79 Å². The van der Waals surface area contributed by atoms with Gasteiger partial charge in [-0.1, -0.05) is 84.4 Å². The van der Waals surface area contributed by atoms with Crippen molar-refractivity contribution in [2.75, 3.05) is 5.32 Å². The largest absolute Gasteiger partial charge is 0.477 e. The Morgan fingerprint density at radius 1 is 0.722 bits per heavy atom. The fourth-order valence-corrected chi connectivity index (χ4v) is 4.86. The molecule has 1 aromatic heterocycles. The van der Waals surface area contributed by atoms with E-state index in [9.17, 15) is 4.79 Å². The third-order valence-electron chi connectivity index (χ3n) is 5.94. The van der Waals surface area contributed by atoms with Crippen molar-refractivity contribution in [3.05, 3.63) is 142 Å². The van der Waals surface area contributed by atoms with Gasteiger partial charge < -0.3 is 10.4 Å². The minimum Gasteiger partial charge on any atom is -0.477 e. The monoisotopic (exact) mass is 487 g/mol. The van der Waals surface area contributed by atoms with Crippen LogP contribution in [0.1, 0.15) is 31.9 Å². The van der Waals surface area contributed by atoms with Gasteiger partial charge >= 0.3 is 5.97 Å². The van der Waals surface area contributed by atoms with Crippen LogP contribution in [-0.4, -0.2) is 11.1 Å². The lowest BCUT2D eigenvalue weighted by Gasteiger charge is -2.11. The number of anilines is 2. The van der Waals surface area contributed by atoms with Gasteiger partial charge in [-0.15, -0.1) is 11.3 Å². The lowest BCUT2D eigenvalue weighted by Crippen LogP contribution is -1.91. The van der Waals surface area contributed by atoms with E-state index in [1.165, 1.54) is 33.6 Å². The number of benzene rings is 4. The fraction of sp³-hybridized carbons (Fsp3) is 0.0312. The Morgan fingerprint density at radius 3 is 1.94 bits per heavy atom. The number of thiophene rings is 1. The van der Waals surface area contributed by atoms with Gasteiger partial charge in [0.05, 0.1) is 0 Å². The molecule has 176 valence electrons. The highest BCUT2D eigenvalue weighted by Crippen LogP contribution is 2.30. The van der Waals surface area contributed by atoms with E-state index in [1.54, 1.807) is 6.07 Å². The maximum absolute atomic E-state index is 11.1. The van der Waals surface area contributed by atoms with Crippen LogP contribution in [0.4, 0.5) is 11.4 Å². The topological polar surface area (TPSA) is 49.3 Å². The van der Waals surface area contributed by atoms with Crippen LogP contribution >= 0.6 is 11.3 Å². The summed E-state index contributed by atoms with van der Waals surface area (Å²) in [5, 5.41) is 12.6. The van der Waals surface area contributed by atoms with Gasteiger partial charge in [-0.3, -0.25) is 0 Å². The number of carboxylic acids is 1. The highest BCUT2D eigenvalue weighted by Gasteiger charge is 2.09. The van der Waals surface area contributed by atoms with Gasteiger partial charge in [0, 0.05) is 16.3 Å². The van der Waals surface area contributed by atoms with Crippen LogP contribution in [-0.2, 0) is 0 Å². The molecule has 5 aromatic rings. The van der Waals surface area contributed by atoms with E-state index >= 15 is 0 Å². The van der Waals surface area contributed by atoms with E-state index in [0.717, 1.165) is 27.4 Å². The van der Waals surface area contributed by atoms with Crippen molar-refractivity contribution in [1.82, 2.24) is 0 Å². The molecule has 0 saturated heterocycles. The molecule has 0 bridgehead atoms. The first-order valence-corrected chi connectivity index (χ1v) is 12.5. The second-order valence-corrected chi connectivity index (χ2v) is 9.67. The number of carbonyl (C=O) groups is 1. The maximum atomic E-state index is 11.1. The van der Waals surface area contributed by atoms with Crippen molar-refractivity contribution in [1.29, 1.82) is 0 Å². The second kappa shape index (κ2) is 10.5. The maximum Gasteiger partial charge on any atom is 0.345 e. The Balaban J connectivity index is 1.34. The average Bonchev–Trinajstić information content (AvgIpc) is 3.41. The van der Waals surface area contributed by atoms with Crippen molar-refractivity contribution in [2.45, 2.75) is 6.92 Å². The summed E-state index contributed by atoms with van der Waals surface area (Å²) < 4.78 is 0. The van der Waals surface area contributed by atoms with Crippen molar-refractivity contribution in [3.63, 3.8) is 0 Å². The molecule has 3 nitrogen and oxygen atoms in total. The molecule has 36 heavy (non-hydrogen) atoms. The first kappa shape index (κ1) is 23.3. The van der Waals surface area contributed by atoms with E-state index in [0.29, 0.717) is 4.88 Å². The van der Waals surface area contributed by atoms with Gasteiger partial charge in [0.25, 0.3) is 0 Å². The standard InChI is InChI=1S/C32H25NO2S/c1-22-7-11-25(12-8-22)29(24-5-3-2-4-6-24)21-23-9-15-27(16-10-23)33-28-17-13-26(14-18-28)30-19-20-31(36-30)32(34)35/h2-21,33H,1H3,(H,34,35)/b29-21+. The molecule has 0 unspecified atom stereocenters. The molecule has 0 atom stereocenters. The SMILES string of the molecule is Cc1ccc(/C(=C/c2ccc(Nc3ccc(-c4ccc(C(=O)O)s4)cc3)cc2)c2ccccc2)cc1. The van der Waals surface area contributed by atoms with E-state index in [1.807, 2.05) is 36.4 Å². The zero-order valence-electron chi connectivity index (χ0n) is 19.8. The number of hydrogen-bond acceptors (Lipinski definition) is 3. The minimum atomic E-state index is -0.891. The number of aryl methyl sites for hydroxylation is 1. The summed E-state index contributed by atoms with van der Waals surface area (Å²) in [7, 11) is 0. The third-order valence-corrected chi connectivity index (χ3v) is 7.07. The first-order valence-electron chi connectivity index (χ1n) is 11.7. The molecule has 0 aliphatic rings. The third kappa shape index (κ3) is 5.45. The Kier molecular flexibility index (Phi) is 6.78. The molecule has 0 aliphatic heterocycles. The van der Waals surface area contributed by atoms with Gasteiger partial charge in [0.2, 0.25) is 0 Å². The van der Waals surface area contributed by atoms with Crippen LogP contribution in [0.3, 0.4) is 0 Å². The Bertz CT molecular complexity index is 1500. The number of nitrogens with one attached hydrogen (secondary N) is 1. The van der Waals surface area contributed by atoms with Crippen LogP contribution in [0, 0.1) is 6.92 Å². The van der Waals surface area contributed by atoms with Crippen LogP contribution in [0.5, 0.6) is 0 Å². The summed E-state index contributed by atoms with van der Waals surface area (Å²) in [4.78, 5) is 12.4. The van der Waals surface area contributed by atoms with Crippen molar-refractivity contribution >= 4 is 40.3 Å². The zero-order chi connectivity index (χ0) is 24.9. The molecule has 2 N–H and O–H groups in total. The molecule has 0 aliphatic carbocycles. The quantitative estimate of drug-likeness (QED) is 0.226. The lowest BCUT2D eigenvalue weighted by atomic mass is 9.95. The lowest BCUT2D eigenvalue weighted by molar-refractivity contribution is 0.0702. The van der Waals surface area contributed by atoms with Gasteiger partial charge in [-0.05, 0) is 77.2 Å². The molecule has 0 saturated carbocycles. The zero-order valence-corrected chi connectivity index (χ0v) is 20.6. The Labute approximate surface area is 215 Å². The summed E-state index contributed by atoms with van der Waals surface area (Å²) in [5.41, 5.74) is 8.91. The highest BCUT2D eigenvalue weighted by molar-refractivity contribution is 7.17. The predicted octanol–water partition coefficient (Wildman–Crippen LogP) is 8.75. The van der Waals surface area contributed by atoms with Crippen molar-refractivity contribution in [2.24, 2.45) is 0 Å². The number of carboxylic acid groups (broad SMARTS) is 1. The summed E-state index contributed by atoms with van der Waals surface area (Å²) >= 11 is 1.28. The van der Waals surface area contributed by atoms with Gasteiger partial charge in [0.1, 0.15) is 4.88 Å².